The summed E-state index contributed by atoms with van der Waals surface area (Å²) in [6.07, 6.45) is 1.76. The standard InChI is InChI=1S/C35H22N2O12/c1-2-13-9-23-24(37-12-36-23)11-20(13)21-10-22(35(48)49)28-18(33(44)45)7-8-19(34(46)47)29(28)26(21)14-3-4-16(31(40)41)27-17(32(42)43)6-5-15(25(14)27)30(38)39/h3-12H,2H2,1H3,(H,36,37)(H,38,39)(H,40,41)(H,42,43)(H,44,45)(H,46,47)(H,48,49). The predicted molar refractivity (Wildman–Crippen MR) is 173 cm³/mol. The molecule has 0 aliphatic carbocycles. The molecule has 1 aromatic heterocycles. The van der Waals surface area contributed by atoms with Crippen LogP contribution in [0.25, 0.3) is 54.8 Å². The fourth-order valence-corrected chi connectivity index (χ4v) is 6.39. The molecule has 14 heteroatoms. The third-order valence-electron chi connectivity index (χ3n) is 8.41. The van der Waals surface area contributed by atoms with Gasteiger partial charge in [-0.15, -0.1) is 0 Å². The van der Waals surface area contributed by atoms with Crippen molar-refractivity contribution in [2.24, 2.45) is 0 Å². The highest BCUT2D eigenvalue weighted by atomic mass is 16.4. The minimum atomic E-state index is -1.60. The lowest BCUT2D eigenvalue weighted by Gasteiger charge is -2.23. The topological polar surface area (TPSA) is 252 Å². The summed E-state index contributed by atoms with van der Waals surface area (Å²) in [5.74, 6) is -9.57. The second-order valence-corrected chi connectivity index (χ2v) is 10.9. The number of carboxylic acids is 6. The number of aryl methyl sites for hydroxylation is 1. The molecule has 0 radical (unpaired) electrons. The molecule has 0 aliphatic rings. The van der Waals surface area contributed by atoms with Crippen molar-refractivity contribution in [2.75, 3.05) is 0 Å². The lowest BCUT2D eigenvalue weighted by atomic mass is 9.79. The van der Waals surface area contributed by atoms with Gasteiger partial charge < -0.3 is 35.6 Å². The third kappa shape index (κ3) is 4.95. The van der Waals surface area contributed by atoms with Crippen LogP contribution in [0.1, 0.15) is 74.6 Å². The van der Waals surface area contributed by atoms with E-state index in [1.807, 2.05) is 0 Å². The number of hydrogen-bond donors (Lipinski definition) is 7. The monoisotopic (exact) mass is 662 g/mol. The van der Waals surface area contributed by atoms with E-state index in [1.54, 1.807) is 19.1 Å². The average Bonchev–Trinajstić information content (AvgIpc) is 3.52. The number of fused-ring (bicyclic) bond motifs is 3. The van der Waals surface area contributed by atoms with Gasteiger partial charge in [-0.1, -0.05) is 13.0 Å². The van der Waals surface area contributed by atoms with Crippen LogP contribution in [-0.2, 0) is 6.42 Å². The number of aromatic nitrogens is 2. The first-order valence-electron chi connectivity index (χ1n) is 14.4. The molecule has 49 heavy (non-hydrogen) atoms. The van der Waals surface area contributed by atoms with Gasteiger partial charge in [-0.05, 0) is 82.8 Å². The minimum absolute atomic E-state index is 0.0122. The summed E-state index contributed by atoms with van der Waals surface area (Å²) >= 11 is 0. The van der Waals surface area contributed by atoms with Crippen molar-refractivity contribution in [3.8, 4) is 22.3 Å². The lowest BCUT2D eigenvalue weighted by Crippen LogP contribution is -2.11. The molecule has 1 heterocycles. The highest BCUT2D eigenvalue weighted by molar-refractivity contribution is 6.28. The first-order chi connectivity index (χ1) is 23.3. The van der Waals surface area contributed by atoms with Gasteiger partial charge in [0.15, 0.2) is 0 Å². The molecule has 244 valence electrons. The van der Waals surface area contributed by atoms with E-state index >= 15 is 0 Å². The van der Waals surface area contributed by atoms with Gasteiger partial charge >= 0.3 is 35.8 Å². The Morgan fingerprint density at radius 2 is 0.980 bits per heavy atom. The van der Waals surface area contributed by atoms with E-state index in [1.165, 1.54) is 12.4 Å². The Morgan fingerprint density at radius 3 is 1.47 bits per heavy atom. The van der Waals surface area contributed by atoms with E-state index in [2.05, 4.69) is 9.97 Å². The average molecular weight is 663 g/mol. The van der Waals surface area contributed by atoms with Crippen molar-refractivity contribution in [3.63, 3.8) is 0 Å². The van der Waals surface area contributed by atoms with Gasteiger partial charge in [-0.25, -0.2) is 33.8 Å². The fourth-order valence-electron chi connectivity index (χ4n) is 6.39. The zero-order chi connectivity index (χ0) is 35.5. The first kappa shape index (κ1) is 31.9. The van der Waals surface area contributed by atoms with Crippen LogP contribution in [0.4, 0.5) is 0 Å². The van der Waals surface area contributed by atoms with Crippen molar-refractivity contribution in [3.05, 3.63) is 99.9 Å². The van der Waals surface area contributed by atoms with Crippen molar-refractivity contribution < 1.29 is 59.4 Å². The van der Waals surface area contributed by atoms with Gasteiger partial charge in [0.2, 0.25) is 0 Å². The maximum absolute atomic E-state index is 12.9. The van der Waals surface area contributed by atoms with Crippen LogP contribution in [0.15, 0.2) is 60.9 Å². The Bertz CT molecular complexity index is 2490. The number of nitrogens with zero attached hydrogens (tertiary/aromatic N) is 1. The highest BCUT2D eigenvalue weighted by Gasteiger charge is 2.31. The zero-order valence-electron chi connectivity index (χ0n) is 25.1. The molecular formula is C35H22N2O12. The Labute approximate surface area is 273 Å². The molecule has 0 aliphatic heterocycles. The van der Waals surface area contributed by atoms with Crippen LogP contribution in [0.3, 0.4) is 0 Å². The number of aromatic carboxylic acids is 6. The Morgan fingerprint density at radius 1 is 0.531 bits per heavy atom. The molecule has 6 aromatic rings. The number of imidazole rings is 1. The molecule has 0 fully saturated rings. The molecule has 0 amide bonds. The largest absolute Gasteiger partial charge is 0.478 e. The summed E-state index contributed by atoms with van der Waals surface area (Å²) in [6, 6.07) is 10.5. The van der Waals surface area contributed by atoms with E-state index in [0.717, 1.165) is 36.4 Å². The van der Waals surface area contributed by atoms with Gasteiger partial charge in [0, 0.05) is 21.5 Å². The highest BCUT2D eigenvalue weighted by Crippen LogP contribution is 2.47. The normalized spacial score (nSPS) is 11.2. The maximum Gasteiger partial charge on any atom is 0.336 e. The molecule has 0 unspecified atom stereocenters. The number of nitrogens with one attached hydrogen (secondary N) is 1. The second kappa shape index (κ2) is 11.6. The van der Waals surface area contributed by atoms with Crippen LogP contribution >= 0.6 is 0 Å². The van der Waals surface area contributed by atoms with Gasteiger partial charge in [0.1, 0.15) is 0 Å². The third-order valence-corrected chi connectivity index (χ3v) is 8.41. The van der Waals surface area contributed by atoms with Crippen LogP contribution in [0.5, 0.6) is 0 Å². The fraction of sp³-hybridized carbons (Fsp3) is 0.0571. The smallest absolute Gasteiger partial charge is 0.336 e. The molecule has 6 rings (SSSR count). The van der Waals surface area contributed by atoms with E-state index < -0.39 is 90.7 Å². The van der Waals surface area contributed by atoms with Gasteiger partial charge in [0.05, 0.1) is 50.7 Å². The van der Waals surface area contributed by atoms with Crippen molar-refractivity contribution >= 4 is 68.4 Å². The molecular weight excluding hydrogens is 640 g/mol. The lowest BCUT2D eigenvalue weighted by molar-refractivity contribution is 0.0679. The quantitative estimate of drug-likeness (QED) is 0.0945. The van der Waals surface area contributed by atoms with E-state index in [-0.39, 0.29) is 16.7 Å². The number of benzene rings is 5. The number of aromatic amines is 1. The first-order valence-corrected chi connectivity index (χ1v) is 14.4. The summed E-state index contributed by atoms with van der Waals surface area (Å²) in [4.78, 5) is 83.0. The van der Waals surface area contributed by atoms with Crippen LogP contribution in [0, 0.1) is 0 Å². The summed E-state index contributed by atoms with van der Waals surface area (Å²) in [7, 11) is 0. The van der Waals surface area contributed by atoms with E-state index in [9.17, 15) is 59.4 Å². The molecule has 0 spiro atoms. The molecule has 0 atom stereocenters. The number of carbonyl (C=O) groups is 6. The SMILES string of the molecule is CCc1cc2[nH]cnc2cc1-c1cc(C(=O)O)c2c(C(=O)O)ccc(C(=O)O)c2c1-c1ccc(C(=O)O)c2c(C(=O)O)ccc(C(=O)O)c12. The van der Waals surface area contributed by atoms with E-state index in [4.69, 9.17) is 0 Å². The molecule has 5 aromatic carbocycles. The molecule has 0 saturated heterocycles. The summed E-state index contributed by atoms with van der Waals surface area (Å²) < 4.78 is 0. The maximum atomic E-state index is 12.9. The van der Waals surface area contributed by atoms with Crippen molar-refractivity contribution in [2.45, 2.75) is 13.3 Å². The molecule has 0 saturated carbocycles. The second-order valence-electron chi connectivity index (χ2n) is 10.9. The molecule has 7 N–H and O–H groups in total. The van der Waals surface area contributed by atoms with Gasteiger partial charge in [0.25, 0.3) is 0 Å². The molecule has 0 bridgehead atoms. The number of carboxylic acid groups (broad SMARTS) is 6. The van der Waals surface area contributed by atoms with Crippen LogP contribution in [0.2, 0.25) is 0 Å². The Hall–Kier alpha value is -7.09. The number of hydrogen-bond acceptors (Lipinski definition) is 7. The Kier molecular flexibility index (Phi) is 7.55. The van der Waals surface area contributed by atoms with Crippen molar-refractivity contribution in [1.82, 2.24) is 9.97 Å². The summed E-state index contributed by atoms with van der Waals surface area (Å²) in [6.45, 7) is 1.80. The number of H-pyrrole nitrogens is 1. The summed E-state index contributed by atoms with van der Waals surface area (Å²) in [5.41, 5.74) is -1.85. The van der Waals surface area contributed by atoms with Gasteiger partial charge in [-0.2, -0.15) is 0 Å². The molecule has 14 nitrogen and oxygen atoms in total. The van der Waals surface area contributed by atoms with Gasteiger partial charge in [-0.3, -0.25) is 0 Å². The van der Waals surface area contributed by atoms with Crippen molar-refractivity contribution in [1.29, 1.82) is 0 Å². The summed E-state index contributed by atoms with van der Waals surface area (Å²) in [5, 5.41) is 59.7. The zero-order valence-corrected chi connectivity index (χ0v) is 25.1. The predicted octanol–water partition coefficient (Wildman–Crippen LogP) is 5.95. The Balaban J connectivity index is 2.02. The van der Waals surface area contributed by atoms with Crippen LogP contribution < -0.4 is 0 Å². The van der Waals surface area contributed by atoms with Crippen LogP contribution in [-0.4, -0.2) is 76.4 Å². The number of rotatable bonds is 9. The minimum Gasteiger partial charge on any atom is -0.478 e. The van der Waals surface area contributed by atoms with E-state index in [0.29, 0.717) is 28.6 Å².